The zero-order chi connectivity index (χ0) is 22.9. The van der Waals surface area contributed by atoms with Gasteiger partial charge in [-0.05, 0) is 73.5 Å². The Labute approximate surface area is 189 Å². The van der Waals surface area contributed by atoms with Crippen LogP contribution in [0.4, 0.5) is 0 Å². The lowest BCUT2D eigenvalue weighted by Crippen LogP contribution is -2.05. The van der Waals surface area contributed by atoms with E-state index in [4.69, 9.17) is 0 Å². The van der Waals surface area contributed by atoms with Crippen molar-refractivity contribution in [3.63, 3.8) is 0 Å². The summed E-state index contributed by atoms with van der Waals surface area (Å²) in [5.74, 6) is 0. The maximum atomic E-state index is 13.0. The average molecular weight is 463 g/mol. The van der Waals surface area contributed by atoms with Gasteiger partial charge in [0.2, 0.25) is 19.7 Å². The first kappa shape index (κ1) is 22.0. The number of rotatable bonds is 5. The normalized spacial score (nSPS) is 11.9. The van der Waals surface area contributed by atoms with Crippen LogP contribution in [0.5, 0.6) is 0 Å². The molecule has 0 fully saturated rings. The first-order chi connectivity index (χ1) is 15.2. The first-order valence-electron chi connectivity index (χ1n) is 10.0. The summed E-state index contributed by atoms with van der Waals surface area (Å²) in [6.07, 6.45) is 0. The summed E-state index contributed by atoms with van der Waals surface area (Å²) in [7, 11) is -7.49. The molecule has 6 heteroatoms. The van der Waals surface area contributed by atoms with E-state index in [1.165, 1.54) is 24.3 Å². The van der Waals surface area contributed by atoms with Gasteiger partial charge in [-0.3, -0.25) is 0 Å². The Bertz CT molecular complexity index is 1450. The van der Waals surface area contributed by atoms with Crippen molar-refractivity contribution < 1.29 is 16.8 Å². The first-order valence-corrected chi connectivity index (χ1v) is 13.0. The molecule has 0 unspecified atom stereocenters. The van der Waals surface area contributed by atoms with E-state index >= 15 is 0 Å². The van der Waals surface area contributed by atoms with E-state index in [1.54, 1.807) is 48.5 Å². The van der Waals surface area contributed by atoms with Gasteiger partial charge in [0.1, 0.15) is 0 Å². The van der Waals surface area contributed by atoms with Crippen molar-refractivity contribution in [2.75, 3.05) is 0 Å². The van der Waals surface area contributed by atoms with Crippen LogP contribution >= 0.6 is 0 Å². The van der Waals surface area contributed by atoms with Crippen molar-refractivity contribution in [1.82, 2.24) is 0 Å². The highest BCUT2D eigenvalue weighted by Crippen LogP contribution is 2.27. The predicted octanol–water partition coefficient (Wildman–Crippen LogP) is 5.64. The summed E-state index contributed by atoms with van der Waals surface area (Å²) in [4.78, 5) is 0.423. The molecule has 4 aromatic carbocycles. The van der Waals surface area contributed by atoms with Crippen LogP contribution in [0.15, 0.2) is 117 Å². The van der Waals surface area contributed by atoms with Crippen LogP contribution in [-0.2, 0) is 19.7 Å². The molecule has 4 aromatic rings. The van der Waals surface area contributed by atoms with Gasteiger partial charge in [0.05, 0.1) is 19.6 Å². The minimum atomic E-state index is -3.77. The number of sulfone groups is 2. The van der Waals surface area contributed by atoms with Crippen molar-refractivity contribution in [3.8, 4) is 11.1 Å². The zero-order valence-corrected chi connectivity index (χ0v) is 19.3. The number of hydrogen-bond donors (Lipinski definition) is 0. The van der Waals surface area contributed by atoms with Crippen LogP contribution in [0.1, 0.15) is 11.1 Å². The summed E-state index contributed by atoms with van der Waals surface area (Å²) < 4.78 is 51.7. The van der Waals surface area contributed by atoms with Crippen LogP contribution in [0.2, 0.25) is 0 Å². The summed E-state index contributed by atoms with van der Waals surface area (Å²) in [6.45, 7) is 3.89. The maximum absolute atomic E-state index is 13.0. The number of benzene rings is 4. The highest BCUT2D eigenvalue weighted by atomic mass is 32.2. The van der Waals surface area contributed by atoms with E-state index in [1.807, 2.05) is 38.1 Å². The summed E-state index contributed by atoms with van der Waals surface area (Å²) in [5.41, 5.74) is 4.04. The Kier molecular flexibility index (Phi) is 5.75. The van der Waals surface area contributed by atoms with Crippen LogP contribution in [-0.4, -0.2) is 16.8 Å². The van der Waals surface area contributed by atoms with Crippen molar-refractivity contribution >= 4 is 19.7 Å². The van der Waals surface area contributed by atoms with Crippen LogP contribution in [0, 0.1) is 13.8 Å². The van der Waals surface area contributed by atoms with E-state index in [-0.39, 0.29) is 19.6 Å². The smallest absolute Gasteiger partial charge is 0.206 e. The molecule has 0 aliphatic heterocycles. The molecule has 0 aromatic heterocycles. The fourth-order valence-electron chi connectivity index (χ4n) is 3.36. The third kappa shape index (κ3) is 4.24. The second kappa shape index (κ2) is 8.37. The van der Waals surface area contributed by atoms with Crippen molar-refractivity contribution in [1.29, 1.82) is 0 Å². The minimum absolute atomic E-state index is 0.0449. The molecule has 0 bridgehead atoms. The van der Waals surface area contributed by atoms with Crippen LogP contribution in [0.25, 0.3) is 11.1 Å². The largest absolute Gasteiger partial charge is 0.219 e. The Hall–Kier alpha value is -3.22. The lowest BCUT2D eigenvalue weighted by Gasteiger charge is -2.09. The molecule has 0 N–H and O–H groups in total. The van der Waals surface area contributed by atoms with E-state index in [0.717, 1.165) is 22.3 Å². The maximum Gasteiger partial charge on any atom is 0.206 e. The summed E-state index contributed by atoms with van der Waals surface area (Å²) >= 11 is 0. The third-order valence-corrected chi connectivity index (χ3v) is 8.90. The molecule has 0 saturated carbocycles. The molecule has 4 rings (SSSR count). The zero-order valence-electron chi connectivity index (χ0n) is 17.7. The number of hydrogen-bond acceptors (Lipinski definition) is 4. The molecule has 0 atom stereocenters. The molecule has 0 spiro atoms. The van der Waals surface area contributed by atoms with Crippen LogP contribution in [0.3, 0.4) is 0 Å². The van der Waals surface area contributed by atoms with Gasteiger partial charge in [0.25, 0.3) is 0 Å². The van der Waals surface area contributed by atoms with E-state index in [2.05, 4.69) is 0 Å². The van der Waals surface area contributed by atoms with Gasteiger partial charge in [0.15, 0.2) is 0 Å². The fourth-order valence-corrected chi connectivity index (χ4v) is 5.88. The van der Waals surface area contributed by atoms with E-state index in [9.17, 15) is 16.8 Å². The number of aryl methyl sites for hydroxylation is 2. The standard InChI is InChI=1S/C26H22O4S2/c1-19-3-7-21(8-4-19)22-9-13-24(14-10-22)32(29,30)26-17-15-25(16-18-26)31(27,28)23-11-5-20(2)6-12-23/h3-18H,1-2H3. The lowest BCUT2D eigenvalue weighted by molar-refractivity contribution is 0.592. The second-order valence-electron chi connectivity index (χ2n) is 7.68. The quantitative estimate of drug-likeness (QED) is 0.385. The predicted molar refractivity (Wildman–Crippen MR) is 125 cm³/mol. The Morgan fingerprint density at radius 3 is 0.938 bits per heavy atom. The topological polar surface area (TPSA) is 68.3 Å². The van der Waals surface area contributed by atoms with Crippen molar-refractivity contribution in [2.45, 2.75) is 33.4 Å². The van der Waals surface area contributed by atoms with Gasteiger partial charge in [-0.1, -0.05) is 59.7 Å². The van der Waals surface area contributed by atoms with Gasteiger partial charge in [-0.2, -0.15) is 0 Å². The highest BCUT2D eigenvalue weighted by Gasteiger charge is 2.21. The van der Waals surface area contributed by atoms with Gasteiger partial charge >= 0.3 is 0 Å². The third-order valence-electron chi connectivity index (χ3n) is 5.33. The molecule has 0 saturated heterocycles. The minimum Gasteiger partial charge on any atom is -0.219 e. The van der Waals surface area contributed by atoms with E-state index in [0.29, 0.717) is 0 Å². The van der Waals surface area contributed by atoms with E-state index < -0.39 is 19.7 Å². The molecule has 0 radical (unpaired) electrons. The fraction of sp³-hybridized carbons (Fsp3) is 0.0769. The molecule has 0 aliphatic carbocycles. The molecule has 0 aliphatic rings. The lowest BCUT2D eigenvalue weighted by atomic mass is 10.0. The molecule has 4 nitrogen and oxygen atoms in total. The SMILES string of the molecule is Cc1ccc(-c2ccc(S(=O)(=O)c3ccc(S(=O)(=O)c4ccc(C)cc4)cc3)cc2)cc1. The molecular weight excluding hydrogens is 440 g/mol. The summed E-state index contributed by atoms with van der Waals surface area (Å²) in [6, 6.07) is 26.6. The summed E-state index contributed by atoms with van der Waals surface area (Å²) in [5, 5.41) is 0. The monoisotopic (exact) mass is 462 g/mol. The van der Waals surface area contributed by atoms with Crippen molar-refractivity contribution in [3.05, 3.63) is 108 Å². The molecule has 0 amide bonds. The molecular formula is C26H22O4S2. The van der Waals surface area contributed by atoms with Crippen LogP contribution < -0.4 is 0 Å². The Morgan fingerprint density at radius 2 is 0.594 bits per heavy atom. The Balaban J connectivity index is 1.62. The van der Waals surface area contributed by atoms with Crippen molar-refractivity contribution in [2.24, 2.45) is 0 Å². The van der Waals surface area contributed by atoms with Gasteiger partial charge in [-0.25, -0.2) is 16.8 Å². The highest BCUT2D eigenvalue weighted by molar-refractivity contribution is 7.92. The Morgan fingerprint density at radius 1 is 0.375 bits per heavy atom. The van der Waals surface area contributed by atoms with Gasteiger partial charge in [0, 0.05) is 0 Å². The molecule has 162 valence electrons. The van der Waals surface area contributed by atoms with Gasteiger partial charge < -0.3 is 0 Å². The average Bonchev–Trinajstić information content (AvgIpc) is 2.80. The molecule has 0 heterocycles. The van der Waals surface area contributed by atoms with Gasteiger partial charge in [-0.15, -0.1) is 0 Å². The molecule has 32 heavy (non-hydrogen) atoms. The second-order valence-corrected chi connectivity index (χ2v) is 11.6.